The third-order valence-corrected chi connectivity index (χ3v) is 4.99. The third kappa shape index (κ3) is 2.39. The molecule has 1 saturated heterocycles. The van der Waals surface area contributed by atoms with Gasteiger partial charge in [-0.15, -0.1) is 0 Å². The van der Waals surface area contributed by atoms with Gasteiger partial charge in [0.25, 0.3) is 0 Å². The van der Waals surface area contributed by atoms with E-state index < -0.39 is 11.4 Å². The number of fused-ring (bicyclic) bond motifs is 1. The number of likely N-dealkylation sites (tertiary alicyclic amines) is 1. The second-order valence-corrected chi connectivity index (χ2v) is 6.19. The number of carboxylic acids is 1. The second-order valence-electron chi connectivity index (χ2n) is 6.19. The number of hydrogen-bond acceptors (Lipinski definition) is 3. The van der Waals surface area contributed by atoms with Crippen molar-refractivity contribution in [3.63, 3.8) is 0 Å². The van der Waals surface area contributed by atoms with E-state index in [1.54, 1.807) is 6.07 Å². The molecular weight excluding hydrogens is 273 g/mol. The van der Waals surface area contributed by atoms with Crippen LogP contribution in [0.25, 0.3) is 0 Å². The van der Waals surface area contributed by atoms with Crippen LogP contribution in [0.4, 0.5) is 4.39 Å². The first kappa shape index (κ1) is 14.3. The summed E-state index contributed by atoms with van der Waals surface area (Å²) in [5.74, 6) is -0.576. The Kier molecular flexibility index (Phi) is 3.61. The molecule has 4 nitrogen and oxygen atoms in total. The molecule has 3 rings (SSSR count). The number of nitrogens with zero attached hydrogens (tertiary/aromatic N) is 1. The highest BCUT2D eigenvalue weighted by Gasteiger charge is 2.54. The van der Waals surface area contributed by atoms with E-state index in [9.17, 15) is 14.3 Å². The Morgan fingerprint density at radius 1 is 1.57 bits per heavy atom. The van der Waals surface area contributed by atoms with Crippen molar-refractivity contribution in [2.75, 3.05) is 20.2 Å². The molecule has 1 aromatic rings. The maximum atomic E-state index is 13.7. The van der Waals surface area contributed by atoms with E-state index in [2.05, 4.69) is 4.90 Å². The predicted molar refractivity (Wildman–Crippen MR) is 75.6 cm³/mol. The van der Waals surface area contributed by atoms with Crippen LogP contribution < -0.4 is 4.74 Å². The first-order valence-corrected chi connectivity index (χ1v) is 7.33. The van der Waals surface area contributed by atoms with E-state index in [-0.39, 0.29) is 17.5 Å². The molecule has 0 radical (unpaired) electrons. The van der Waals surface area contributed by atoms with Crippen molar-refractivity contribution in [3.8, 4) is 5.75 Å². The minimum Gasteiger partial charge on any atom is -0.494 e. The van der Waals surface area contributed by atoms with Crippen molar-refractivity contribution in [1.29, 1.82) is 0 Å². The summed E-state index contributed by atoms with van der Waals surface area (Å²) in [6.45, 7) is 1.95. The molecule has 1 saturated carbocycles. The number of carbonyl (C=O) groups is 1. The highest BCUT2D eigenvalue weighted by molar-refractivity contribution is 5.76. The van der Waals surface area contributed by atoms with Gasteiger partial charge in [0.05, 0.1) is 12.5 Å². The summed E-state index contributed by atoms with van der Waals surface area (Å²) in [6, 6.07) is 4.93. The second kappa shape index (κ2) is 5.30. The molecule has 2 fully saturated rings. The molecule has 114 valence electrons. The van der Waals surface area contributed by atoms with Crippen LogP contribution in [-0.4, -0.2) is 36.2 Å². The fraction of sp³-hybridized carbons (Fsp3) is 0.562. The zero-order chi connectivity index (χ0) is 15.0. The van der Waals surface area contributed by atoms with Crippen LogP contribution in [0.1, 0.15) is 24.8 Å². The van der Waals surface area contributed by atoms with Gasteiger partial charge < -0.3 is 9.84 Å². The number of carboxylic acid groups (broad SMARTS) is 1. The Bertz CT molecular complexity index is 562. The first-order valence-electron chi connectivity index (χ1n) is 7.33. The highest BCUT2D eigenvalue weighted by atomic mass is 19.1. The maximum absolute atomic E-state index is 13.7. The minimum atomic E-state index is -0.673. The van der Waals surface area contributed by atoms with Gasteiger partial charge in [-0.25, -0.2) is 4.39 Å². The molecule has 21 heavy (non-hydrogen) atoms. The Labute approximate surface area is 123 Å². The lowest BCUT2D eigenvalue weighted by atomic mass is 9.81. The van der Waals surface area contributed by atoms with Crippen molar-refractivity contribution in [3.05, 3.63) is 29.6 Å². The molecular formula is C16H20FNO3. The Hall–Kier alpha value is -1.62. The van der Waals surface area contributed by atoms with Crippen molar-refractivity contribution in [2.45, 2.75) is 25.8 Å². The van der Waals surface area contributed by atoms with Crippen LogP contribution in [0.3, 0.4) is 0 Å². The fourth-order valence-electron chi connectivity index (χ4n) is 3.93. The van der Waals surface area contributed by atoms with E-state index in [1.807, 2.05) is 6.07 Å². The van der Waals surface area contributed by atoms with Crippen LogP contribution in [0.15, 0.2) is 18.2 Å². The molecule has 0 amide bonds. The monoisotopic (exact) mass is 293 g/mol. The summed E-state index contributed by atoms with van der Waals surface area (Å²) in [6.07, 6.45) is 2.75. The summed E-state index contributed by atoms with van der Waals surface area (Å²) in [5, 5.41) is 9.57. The quantitative estimate of drug-likeness (QED) is 0.927. The van der Waals surface area contributed by atoms with Crippen LogP contribution in [0, 0.1) is 17.2 Å². The number of methoxy groups -OCH3 is 1. The number of hydrogen-bond donors (Lipinski definition) is 1. The van der Waals surface area contributed by atoms with Gasteiger partial charge in [0, 0.05) is 19.6 Å². The van der Waals surface area contributed by atoms with E-state index in [0.29, 0.717) is 13.1 Å². The molecule has 1 aliphatic carbocycles. The first-order chi connectivity index (χ1) is 10.0. The topological polar surface area (TPSA) is 49.8 Å². The van der Waals surface area contributed by atoms with Crippen molar-refractivity contribution < 1.29 is 19.0 Å². The van der Waals surface area contributed by atoms with Gasteiger partial charge in [-0.1, -0.05) is 12.5 Å². The number of rotatable bonds is 4. The largest absolute Gasteiger partial charge is 0.494 e. The van der Waals surface area contributed by atoms with Gasteiger partial charge in [0.15, 0.2) is 11.6 Å². The van der Waals surface area contributed by atoms with Gasteiger partial charge in [0.1, 0.15) is 0 Å². The number of halogens is 1. The molecule has 2 atom stereocenters. The number of aliphatic carboxylic acids is 1. The number of benzene rings is 1. The predicted octanol–water partition coefficient (Wildman–Crippen LogP) is 2.52. The zero-order valence-electron chi connectivity index (χ0n) is 12.1. The van der Waals surface area contributed by atoms with E-state index in [0.717, 1.165) is 31.4 Å². The lowest BCUT2D eigenvalue weighted by molar-refractivity contribution is -0.149. The van der Waals surface area contributed by atoms with Gasteiger partial charge in [0.2, 0.25) is 0 Å². The van der Waals surface area contributed by atoms with Crippen molar-refractivity contribution >= 4 is 5.97 Å². The van der Waals surface area contributed by atoms with Crippen molar-refractivity contribution in [2.24, 2.45) is 11.3 Å². The third-order valence-electron chi connectivity index (χ3n) is 4.99. The maximum Gasteiger partial charge on any atom is 0.311 e. The van der Waals surface area contributed by atoms with Crippen LogP contribution >= 0.6 is 0 Å². The molecule has 0 bridgehead atoms. The lowest BCUT2D eigenvalue weighted by Crippen LogP contribution is -2.35. The van der Waals surface area contributed by atoms with Gasteiger partial charge in [-0.3, -0.25) is 9.69 Å². The van der Waals surface area contributed by atoms with Crippen LogP contribution in [0.5, 0.6) is 5.75 Å². The van der Waals surface area contributed by atoms with E-state index >= 15 is 0 Å². The number of ether oxygens (including phenoxy) is 1. The molecule has 0 aromatic heterocycles. The van der Waals surface area contributed by atoms with E-state index in [1.165, 1.54) is 13.2 Å². The molecule has 0 unspecified atom stereocenters. The molecule has 1 aromatic carbocycles. The normalized spacial score (nSPS) is 28.6. The van der Waals surface area contributed by atoms with Gasteiger partial charge in [-0.05, 0) is 36.5 Å². The zero-order valence-corrected chi connectivity index (χ0v) is 12.1. The highest BCUT2D eigenvalue weighted by Crippen LogP contribution is 2.49. The Balaban J connectivity index is 1.73. The van der Waals surface area contributed by atoms with Crippen LogP contribution in [-0.2, 0) is 11.3 Å². The summed E-state index contributed by atoms with van der Waals surface area (Å²) in [4.78, 5) is 13.8. The SMILES string of the molecule is COc1ccc(CN2C[C@@H]3CCC[C@@]3(C(=O)O)C2)cc1F. The molecule has 1 N–H and O–H groups in total. The summed E-state index contributed by atoms with van der Waals surface area (Å²) in [7, 11) is 1.44. The average Bonchev–Trinajstić information content (AvgIpc) is 2.96. The Morgan fingerprint density at radius 2 is 2.38 bits per heavy atom. The van der Waals surface area contributed by atoms with E-state index in [4.69, 9.17) is 4.74 Å². The standard InChI is InChI=1S/C16H20FNO3/c1-21-14-5-4-11(7-13(14)17)8-18-9-12-3-2-6-16(12,10-18)15(19)20/h4-5,7,12H,2-3,6,8-10H2,1H3,(H,19,20)/t12-,16+/m0/s1. The molecule has 2 aliphatic rings. The van der Waals surface area contributed by atoms with Crippen LogP contribution in [0.2, 0.25) is 0 Å². The fourth-order valence-corrected chi connectivity index (χ4v) is 3.93. The summed E-state index contributed by atoms with van der Waals surface area (Å²) >= 11 is 0. The summed E-state index contributed by atoms with van der Waals surface area (Å²) < 4.78 is 18.6. The lowest BCUT2D eigenvalue weighted by Gasteiger charge is -2.23. The smallest absolute Gasteiger partial charge is 0.311 e. The molecule has 1 aliphatic heterocycles. The molecule has 5 heteroatoms. The minimum absolute atomic E-state index is 0.234. The van der Waals surface area contributed by atoms with Gasteiger partial charge in [-0.2, -0.15) is 0 Å². The van der Waals surface area contributed by atoms with Crippen molar-refractivity contribution in [1.82, 2.24) is 4.90 Å². The summed E-state index contributed by atoms with van der Waals surface area (Å²) in [5.41, 5.74) is 0.277. The van der Waals surface area contributed by atoms with Gasteiger partial charge >= 0.3 is 5.97 Å². The Morgan fingerprint density at radius 3 is 3.00 bits per heavy atom. The molecule has 1 heterocycles. The average molecular weight is 293 g/mol. The molecule has 0 spiro atoms.